The smallest absolute Gasteiger partial charge is 0.341 e. The molecule has 0 radical (unpaired) electrons. The zero-order chi connectivity index (χ0) is 15.8. The summed E-state index contributed by atoms with van der Waals surface area (Å²) in [5.74, 6) is -0.702. The standard InChI is InChI=1S/C15H21NO5/c1-4-13(20-3)15(19)16-10(2)11-5-7-12(8-6-11)21-9-14(17)18/h5-8,10,13H,4,9H2,1-3H3,(H,16,19)(H,17,18). The van der Waals surface area contributed by atoms with E-state index in [0.717, 1.165) is 5.56 Å². The van der Waals surface area contributed by atoms with Crippen molar-refractivity contribution in [1.82, 2.24) is 5.32 Å². The molecule has 2 unspecified atom stereocenters. The summed E-state index contributed by atoms with van der Waals surface area (Å²) in [6, 6.07) is 6.75. The lowest BCUT2D eigenvalue weighted by Crippen LogP contribution is -2.36. The molecule has 0 aliphatic rings. The highest BCUT2D eigenvalue weighted by atomic mass is 16.5. The van der Waals surface area contributed by atoms with E-state index in [-0.39, 0.29) is 18.6 Å². The Kier molecular flexibility index (Phi) is 6.68. The SMILES string of the molecule is CCC(OC)C(=O)NC(C)c1ccc(OCC(=O)O)cc1. The number of carbonyl (C=O) groups excluding carboxylic acids is 1. The van der Waals surface area contributed by atoms with Crippen molar-refractivity contribution in [1.29, 1.82) is 0 Å². The van der Waals surface area contributed by atoms with Crippen LogP contribution in [0, 0.1) is 0 Å². The zero-order valence-electron chi connectivity index (χ0n) is 12.5. The van der Waals surface area contributed by atoms with Crippen LogP contribution >= 0.6 is 0 Å². The molecule has 0 saturated carbocycles. The Hall–Kier alpha value is -2.08. The Bertz CT molecular complexity index is 467. The van der Waals surface area contributed by atoms with Crippen LogP contribution in [-0.4, -0.2) is 36.8 Å². The van der Waals surface area contributed by atoms with Crippen LogP contribution in [0.25, 0.3) is 0 Å². The lowest BCUT2D eigenvalue weighted by Gasteiger charge is -2.18. The fourth-order valence-electron chi connectivity index (χ4n) is 1.85. The van der Waals surface area contributed by atoms with Gasteiger partial charge < -0.3 is 19.9 Å². The van der Waals surface area contributed by atoms with Crippen LogP contribution in [0.15, 0.2) is 24.3 Å². The average molecular weight is 295 g/mol. The number of nitrogens with one attached hydrogen (secondary N) is 1. The first-order valence-electron chi connectivity index (χ1n) is 6.75. The third-order valence-corrected chi connectivity index (χ3v) is 3.05. The minimum Gasteiger partial charge on any atom is -0.482 e. The van der Waals surface area contributed by atoms with Crippen LogP contribution in [0.2, 0.25) is 0 Å². The number of ether oxygens (including phenoxy) is 2. The van der Waals surface area contributed by atoms with Crippen LogP contribution in [0.3, 0.4) is 0 Å². The summed E-state index contributed by atoms with van der Waals surface area (Å²) in [5.41, 5.74) is 0.900. The quantitative estimate of drug-likeness (QED) is 0.763. The van der Waals surface area contributed by atoms with Gasteiger partial charge in [-0.1, -0.05) is 19.1 Å². The Morgan fingerprint density at radius 2 is 1.90 bits per heavy atom. The van der Waals surface area contributed by atoms with Gasteiger partial charge in [0.15, 0.2) is 6.61 Å². The minimum absolute atomic E-state index is 0.154. The van der Waals surface area contributed by atoms with Gasteiger partial charge in [-0.25, -0.2) is 4.79 Å². The highest BCUT2D eigenvalue weighted by Crippen LogP contribution is 2.18. The van der Waals surface area contributed by atoms with Crippen molar-refractivity contribution >= 4 is 11.9 Å². The van der Waals surface area contributed by atoms with Crippen LogP contribution in [0.1, 0.15) is 31.9 Å². The van der Waals surface area contributed by atoms with Gasteiger partial charge in [0.25, 0.3) is 0 Å². The normalized spacial score (nSPS) is 13.3. The van der Waals surface area contributed by atoms with E-state index < -0.39 is 12.1 Å². The number of amides is 1. The largest absolute Gasteiger partial charge is 0.482 e. The van der Waals surface area contributed by atoms with Crippen molar-refractivity contribution in [2.24, 2.45) is 0 Å². The van der Waals surface area contributed by atoms with Gasteiger partial charge in [-0.2, -0.15) is 0 Å². The second kappa shape index (κ2) is 8.26. The van der Waals surface area contributed by atoms with Gasteiger partial charge in [-0.15, -0.1) is 0 Å². The molecular formula is C15H21NO5. The average Bonchev–Trinajstić information content (AvgIpc) is 2.46. The van der Waals surface area contributed by atoms with Gasteiger partial charge in [0.2, 0.25) is 5.91 Å². The first-order chi connectivity index (χ1) is 9.97. The van der Waals surface area contributed by atoms with E-state index in [9.17, 15) is 9.59 Å². The highest BCUT2D eigenvalue weighted by molar-refractivity contribution is 5.81. The number of hydrogen-bond donors (Lipinski definition) is 2. The monoisotopic (exact) mass is 295 g/mol. The molecule has 0 bridgehead atoms. The molecular weight excluding hydrogens is 274 g/mol. The minimum atomic E-state index is -1.02. The third kappa shape index (κ3) is 5.43. The van der Waals surface area contributed by atoms with Crippen molar-refractivity contribution < 1.29 is 24.2 Å². The Morgan fingerprint density at radius 1 is 1.29 bits per heavy atom. The van der Waals surface area contributed by atoms with Gasteiger partial charge in [0, 0.05) is 7.11 Å². The Labute approximate surface area is 124 Å². The van der Waals surface area contributed by atoms with Crippen LogP contribution < -0.4 is 10.1 Å². The molecule has 2 N–H and O–H groups in total. The maximum absolute atomic E-state index is 11.9. The second-order valence-electron chi connectivity index (χ2n) is 4.61. The summed E-state index contributed by atoms with van der Waals surface area (Å²) in [6.45, 7) is 3.37. The summed E-state index contributed by atoms with van der Waals surface area (Å²) in [7, 11) is 1.51. The van der Waals surface area contributed by atoms with Crippen molar-refractivity contribution in [3.8, 4) is 5.75 Å². The molecule has 1 amide bonds. The molecule has 0 spiro atoms. The van der Waals surface area contributed by atoms with Gasteiger partial charge in [-0.3, -0.25) is 4.79 Å². The molecule has 0 aliphatic heterocycles. The van der Waals surface area contributed by atoms with E-state index in [4.69, 9.17) is 14.6 Å². The molecule has 6 nitrogen and oxygen atoms in total. The predicted octanol–water partition coefficient (Wildman–Crippen LogP) is 1.75. The Morgan fingerprint density at radius 3 is 2.38 bits per heavy atom. The molecule has 21 heavy (non-hydrogen) atoms. The molecule has 116 valence electrons. The summed E-state index contributed by atoms with van der Waals surface area (Å²) in [5, 5.41) is 11.4. The van der Waals surface area contributed by atoms with E-state index in [1.807, 2.05) is 13.8 Å². The fourth-order valence-corrected chi connectivity index (χ4v) is 1.85. The predicted molar refractivity (Wildman–Crippen MR) is 77.2 cm³/mol. The van der Waals surface area contributed by atoms with E-state index >= 15 is 0 Å². The maximum Gasteiger partial charge on any atom is 0.341 e. The first-order valence-corrected chi connectivity index (χ1v) is 6.75. The number of benzene rings is 1. The second-order valence-corrected chi connectivity index (χ2v) is 4.61. The first kappa shape index (κ1) is 17.0. The van der Waals surface area contributed by atoms with Gasteiger partial charge >= 0.3 is 5.97 Å². The summed E-state index contributed by atoms with van der Waals surface area (Å²) >= 11 is 0. The van der Waals surface area contributed by atoms with E-state index in [0.29, 0.717) is 12.2 Å². The fraction of sp³-hybridized carbons (Fsp3) is 0.467. The Balaban J connectivity index is 2.60. The molecule has 1 aromatic carbocycles. The summed E-state index contributed by atoms with van der Waals surface area (Å²) in [6.07, 6.45) is 0.155. The molecule has 0 aliphatic carbocycles. The number of carbonyl (C=O) groups is 2. The number of carboxylic acids is 1. The van der Waals surface area contributed by atoms with Crippen molar-refractivity contribution in [3.63, 3.8) is 0 Å². The lowest BCUT2D eigenvalue weighted by atomic mass is 10.1. The summed E-state index contributed by atoms with van der Waals surface area (Å²) in [4.78, 5) is 22.3. The van der Waals surface area contributed by atoms with Crippen LogP contribution in [-0.2, 0) is 14.3 Å². The van der Waals surface area contributed by atoms with Gasteiger partial charge in [0.1, 0.15) is 11.9 Å². The molecule has 0 saturated heterocycles. The maximum atomic E-state index is 11.9. The zero-order valence-corrected chi connectivity index (χ0v) is 12.5. The third-order valence-electron chi connectivity index (χ3n) is 3.05. The highest BCUT2D eigenvalue weighted by Gasteiger charge is 2.18. The number of carboxylic acid groups (broad SMARTS) is 1. The lowest BCUT2D eigenvalue weighted by molar-refractivity contribution is -0.139. The van der Waals surface area contributed by atoms with Crippen molar-refractivity contribution in [2.45, 2.75) is 32.4 Å². The molecule has 0 fully saturated rings. The van der Waals surface area contributed by atoms with Crippen LogP contribution in [0.4, 0.5) is 0 Å². The molecule has 1 rings (SSSR count). The van der Waals surface area contributed by atoms with Gasteiger partial charge in [0.05, 0.1) is 6.04 Å². The number of methoxy groups -OCH3 is 1. The molecule has 6 heteroatoms. The molecule has 0 heterocycles. The molecule has 1 aromatic rings. The van der Waals surface area contributed by atoms with Crippen LogP contribution in [0.5, 0.6) is 5.75 Å². The van der Waals surface area contributed by atoms with E-state index in [1.165, 1.54) is 7.11 Å². The topological polar surface area (TPSA) is 84.9 Å². The van der Waals surface area contributed by atoms with Gasteiger partial charge in [-0.05, 0) is 31.0 Å². The number of hydrogen-bond acceptors (Lipinski definition) is 4. The number of rotatable bonds is 8. The number of aliphatic carboxylic acids is 1. The van der Waals surface area contributed by atoms with E-state index in [1.54, 1.807) is 24.3 Å². The van der Waals surface area contributed by atoms with Crippen molar-refractivity contribution in [3.05, 3.63) is 29.8 Å². The summed E-state index contributed by atoms with van der Waals surface area (Å²) < 4.78 is 10.1. The molecule has 2 atom stereocenters. The van der Waals surface area contributed by atoms with E-state index in [2.05, 4.69) is 5.32 Å². The molecule has 0 aromatic heterocycles. The van der Waals surface area contributed by atoms with Crippen molar-refractivity contribution in [2.75, 3.05) is 13.7 Å².